The summed E-state index contributed by atoms with van der Waals surface area (Å²) in [6.45, 7) is 8.20. The van der Waals surface area contributed by atoms with Crippen LogP contribution >= 0.6 is 0 Å². The Morgan fingerprint density at radius 2 is 1.75 bits per heavy atom. The highest BCUT2D eigenvalue weighted by Gasteiger charge is 2.37. The van der Waals surface area contributed by atoms with Crippen molar-refractivity contribution in [3.63, 3.8) is 0 Å². The molecule has 2 rings (SSSR count). The summed E-state index contributed by atoms with van der Waals surface area (Å²) in [5, 5.41) is 13.0. The van der Waals surface area contributed by atoms with Crippen molar-refractivity contribution < 1.29 is 9.90 Å². The van der Waals surface area contributed by atoms with Gasteiger partial charge in [-0.25, -0.2) is 0 Å². The molecule has 116 valence electrons. The molecule has 1 saturated heterocycles. The zero-order valence-electron chi connectivity index (χ0n) is 13.4. The van der Waals surface area contributed by atoms with Crippen LogP contribution in [0, 0.1) is 17.3 Å². The predicted molar refractivity (Wildman–Crippen MR) is 80.3 cm³/mol. The average Bonchev–Trinajstić information content (AvgIpc) is 2.82. The first kappa shape index (κ1) is 15.8. The molecule has 1 amide bonds. The molecule has 4 heteroatoms. The Balaban J connectivity index is 1.88. The van der Waals surface area contributed by atoms with Crippen LogP contribution in [0.1, 0.15) is 46.5 Å². The number of aliphatic hydroxyl groups is 1. The smallest absolute Gasteiger partial charge is 0.225 e. The van der Waals surface area contributed by atoms with Crippen LogP contribution in [0.5, 0.6) is 0 Å². The molecule has 0 unspecified atom stereocenters. The number of hydrogen-bond donors (Lipinski definition) is 2. The Bertz CT molecular complexity index is 343. The first-order chi connectivity index (χ1) is 9.30. The average molecular weight is 282 g/mol. The highest BCUT2D eigenvalue weighted by Crippen LogP contribution is 2.40. The topological polar surface area (TPSA) is 52.6 Å². The largest absolute Gasteiger partial charge is 0.390 e. The van der Waals surface area contributed by atoms with E-state index in [0.29, 0.717) is 18.5 Å². The lowest BCUT2D eigenvalue weighted by molar-refractivity contribution is -0.139. The molecule has 2 atom stereocenters. The number of β-amino-alcohol motifs (C(OH)–C–C–N with tert-alkyl or cyclic N) is 1. The van der Waals surface area contributed by atoms with Crippen LogP contribution in [0.15, 0.2) is 0 Å². The number of carbonyl (C=O) groups excluding carboxylic acids is 1. The van der Waals surface area contributed by atoms with E-state index in [1.54, 1.807) is 4.90 Å². The predicted octanol–water partition coefficient (Wildman–Crippen LogP) is 1.63. The zero-order valence-corrected chi connectivity index (χ0v) is 13.4. The van der Waals surface area contributed by atoms with Crippen LogP contribution in [0.25, 0.3) is 0 Å². The van der Waals surface area contributed by atoms with Gasteiger partial charge in [0.25, 0.3) is 0 Å². The molecule has 0 aromatic heterocycles. The molecule has 0 aromatic rings. The van der Waals surface area contributed by atoms with Crippen LogP contribution in [-0.4, -0.2) is 48.2 Å². The van der Waals surface area contributed by atoms with Gasteiger partial charge in [-0.2, -0.15) is 0 Å². The summed E-state index contributed by atoms with van der Waals surface area (Å²) in [6, 6.07) is -0.0529. The second kappa shape index (κ2) is 6.02. The van der Waals surface area contributed by atoms with Gasteiger partial charge in [0.1, 0.15) is 0 Å². The maximum absolute atomic E-state index is 12.6. The lowest BCUT2D eigenvalue weighted by atomic mass is 9.69. The van der Waals surface area contributed by atoms with Crippen molar-refractivity contribution in [1.29, 1.82) is 0 Å². The minimum atomic E-state index is -0.421. The molecular formula is C16H30N2O2. The summed E-state index contributed by atoms with van der Waals surface area (Å²) in [5.74, 6) is 1.12. The van der Waals surface area contributed by atoms with E-state index in [4.69, 9.17) is 0 Å². The molecule has 0 aromatic carbocycles. The minimum absolute atomic E-state index is 0.0529. The lowest BCUT2D eigenvalue weighted by Gasteiger charge is -2.38. The monoisotopic (exact) mass is 282 g/mol. The van der Waals surface area contributed by atoms with Gasteiger partial charge in [0.2, 0.25) is 5.91 Å². The molecule has 0 bridgehead atoms. The molecule has 2 aliphatic rings. The summed E-state index contributed by atoms with van der Waals surface area (Å²) in [5.41, 5.74) is 0.353. The lowest BCUT2D eigenvalue weighted by Crippen LogP contribution is -2.47. The fourth-order valence-electron chi connectivity index (χ4n) is 3.70. The van der Waals surface area contributed by atoms with Gasteiger partial charge in [-0.15, -0.1) is 0 Å². The molecule has 2 fully saturated rings. The summed E-state index contributed by atoms with van der Waals surface area (Å²) in [4.78, 5) is 14.4. The Morgan fingerprint density at radius 3 is 2.20 bits per heavy atom. The Labute approximate surface area is 122 Å². The molecule has 2 N–H and O–H groups in total. The molecule has 1 aliphatic heterocycles. The molecule has 0 radical (unpaired) electrons. The van der Waals surface area contributed by atoms with Crippen molar-refractivity contribution in [1.82, 2.24) is 10.2 Å². The van der Waals surface area contributed by atoms with E-state index in [-0.39, 0.29) is 17.9 Å². The number of aliphatic hydroxyl groups excluding tert-OH is 1. The first-order valence-electron chi connectivity index (χ1n) is 7.96. The highest BCUT2D eigenvalue weighted by molar-refractivity contribution is 5.79. The van der Waals surface area contributed by atoms with Gasteiger partial charge in [-0.3, -0.25) is 4.79 Å². The van der Waals surface area contributed by atoms with Gasteiger partial charge in [0.15, 0.2) is 0 Å². The normalized spacial score (nSPS) is 35.0. The molecule has 0 spiro atoms. The minimum Gasteiger partial charge on any atom is -0.390 e. The number of rotatable bonds is 2. The second-order valence-corrected chi connectivity index (χ2v) is 7.66. The Hall–Kier alpha value is -0.610. The van der Waals surface area contributed by atoms with E-state index < -0.39 is 6.10 Å². The van der Waals surface area contributed by atoms with E-state index in [2.05, 4.69) is 26.1 Å². The standard InChI is InChI=1S/C16H30N2O2/c1-16(2,3)12-7-5-11(6-8-12)15(20)18(4)13-9-17-10-14(13)19/h11-14,17,19H,5-10H2,1-4H3/t11?,12?,13-,14-/m0/s1. The van der Waals surface area contributed by atoms with Crippen molar-refractivity contribution in [2.75, 3.05) is 20.1 Å². The quantitative estimate of drug-likeness (QED) is 0.809. The molecule has 20 heavy (non-hydrogen) atoms. The number of nitrogens with one attached hydrogen (secondary N) is 1. The maximum Gasteiger partial charge on any atom is 0.225 e. The van der Waals surface area contributed by atoms with Crippen LogP contribution in [0.4, 0.5) is 0 Å². The summed E-state index contributed by atoms with van der Waals surface area (Å²) in [6.07, 6.45) is 3.89. The molecule has 1 saturated carbocycles. The third-order valence-corrected chi connectivity index (χ3v) is 5.30. The summed E-state index contributed by atoms with van der Waals surface area (Å²) >= 11 is 0. The molecule has 4 nitrogen and oxygen atoms in total. The first-order valence-corrected chi connectivity index (χ1v) is 7.96. The summed E-state index contributed by atoms with van der Waals surface area (Å²) < 4.78 is 0. The van der Waals surface area contributed by atoms with Crippen molar-refractivity contribution >= 4 is 5.91 Å². The van der Waals surface area contributed by atoms with Gasteiger partial charge in [0, 0.05) is 26.1 Å². The Kier molecular flexibility index (Phi) is 4.75. The van der Waals surface area contributed by atoms with E-state index >= 15 is 0 Å². The van der Waals surface area contributed by atoms with Gasteiger partial charge >= 0.3 is 0 Å². The Morgan fingerprint density at radius 1 is 1.15 bits per heavy atom. The van der Waals surface area contributed by atoms with Crippen LogP contribution in [0.3, 0.4) is 0 Å². The van der Waals surface area contributed by atoms with Crippen LogP contribution in [-0.2, 0) is 4.79 Å². The van der Waals surface area contributed by atoms with Crippen LogP contribution < -0.4 is 5.32 Å². The number of carbonyl (C=O) groups is 1. The van der Waals surface area contributed by atoms with E-state index in [1.165, 1.54) is 0 Å². The van der Waals surface area contributed by atoms with Gasteiger partial charge < -0.3 is 15.3 Å². The van der Waals surface area contributed by atoms with Crippen molar-refractivity contribution in [2.45, 2.75) is 58.6 Å². The highest BCUT2D eigenvalue weighted by atomic mass is 16.3. The fourth-order valence-corrected chi connectivity index (χ4v) is 3.70. The number of nitrogens with zero attached hydrogens (tertiary/aromatic N) is 1. The zero-order chi connectivity index (χ0) is 14.9. The van der Waals surface area contributed by atoms with Gasteiger partial charge in [-0.1, -0.05) is 20.8 Å². The van der Waals surface area contributed by atoms with E-state index in [0.717, 1.165) is 31.6 Å². The second-order valence-electron chi connectivity index (χ2n) is 7.66. The van der Waals surface area contributed by atoms with Crippen LogP contribution in [0.2, 0.25) is 0 Å². The number of likely N-dealkylation sites (N-methyl/N-ethyl adjacent to an activating group) is 1. The van der Waals surface area contributed by atoms with Crippen molar-refractivity contribution in [2.24, 2.45) is 17.3 Å². The third kappa shape index (κ3) is 3.34. The third-order valence-electron chi connectivity index (χ3n) is 5.30. The van der Waals surface area contributed by atoms with Crippen molar-refractivity contribution in [3.05, 3.63) is 0 Å². The SMILES string of the molecule is CN(C(=O)C1CCC(C(C)(C)C)CC1)[C@H]1CNC[C@@H]1O. The summed E-state index contributed by atoms with van der Waals surface area (Å²) in [7, 11) is 1.85. The van der Waals surface area contributed by atoms with Gasteiger partial charge in [0.05, 0.1) is 12.1 Å². The van der Waals surface area contributed by atoms with E-state index in [9.17, 15) is 9.90 Å². The van der Waals surface area contributed by atoms with Gasteiger partial charge in [-0.05, 0) is 37.0 Å². The molecule has 1 aliphatic carbocycles. The maximum atomic E-state index is 12.6. The fraction of sp³-hybridized carbons (Fsp3) is 0.938. The molecule has 1 heterocycles. The number of amides is 1. The van der Waals surface area contributed by atoms with Crippen molar-refractivity contribution in [3.8, 4) is 0 Å². The number of hydrogen-bond acceptors (Lipinski definition) is 3. The molecular weight excluding hydrogens is 252 g/mol. The van der Waals surface area contributed by atoms with E-state index in [1.807, 2.05) is 7.05 Å².